The highest BCUT2D eigenvalue weighted by atomic mass is 79.9. The van der Waals surface area contributed by atoms with Crippen molar-refractivity contribution >= 4 is 15.9 Å². The van der Waals surface area contributed by atoms with Gasteiger partial charge in [-0.05, 0) is 30.5 Å². The maximum absolute atomic E-state index is 5.47. The maximum atomic E-state index is 5.47. The number of aryl methyl sites for hydroxylation is 2. The third-order valence-electron chi connectivity index (χ3n) is 2.78. The molecular weight excluding hydrogens is 254 g/mol. The van der Waals surface area contributed by atoms with E-state index < -0.39 is 0 Å². The summed E-state index contributed by atoms with van der Waals surface area (Å²) in [6.45, 7) is 6.80. The molecule has 1 aliphatic rings. The van der Waals surface area contributed by atoms with Gasteiger partial charge in [-0.25, -0.2) is 0 Å². The molecule has 2 rings (SSSR count). The number of morpholine rings is 1. The van der Waals surface area contributed by atoms with Crippen LogP contribution in [0.3, 0.4) is 0 Å². The summed E-state index contributed by atoms with van der Waals surface area (Å²) in [6, 6.07) is 4.80. The molecule has 0 aromatic heterocycles. The van der Waals surface area contributed by atoms with Crippen LogP contribution in [0.1, 0.15) is 22.7 Å². The van der Waals surface area contributed by atoms with Gasteiger partial charge in [-0.15, -0.1) is 0 Å². The van der Waals surface area contributed by atoms with Gasteiger partial charge in [0, 0.05) is 11.0 Å². The molecule has 0 aliphatic carbocycles. The van der Waals surface area contributed by atoms with E-state index in [0.717, 1.165) is 19.8 Å². The van der Waals surface area contributed by atoms with Crippen molar-refractivity contribution in [1.29, 1.82) is 0 Å². The Labute approximate surface area is 99.1 Å². The van der Waals surface area contributed by atoms with Crippen LogP contribution in [0, 0.1) is 13.8 Å². The highest BCUT2D eigenvalue weighted by Crippen LogP contribution is 2.26. The lowest BCUT2D eigenvalue weighted by atomic mass is 10.0. The van der Waals surface area contributed by atoms with Crippen LogP contribution in [0.15, 0.2) is 16.6 Å². The zero-order valence-corrected chi connectivity index (χ0v) is 10.7. The van der Waals surface area contributed by atoms with Crippen LogP contribution in [0.25, 0.3) is 0 Å². The Morgan fingerprint density at radius 2 is 2.00 bits per heavy atom. The molecule has 1 unspecified atom stereocenters. The molecule has 3 heteroatoms. The van der Waals surface area contributed by atoms with E-state index in [-0.39, 0.29) is 0 Å². The molecule has 0 spiro atoms. The maximum Gasteiger partial charge on any atom is 0.0662 e. The highest BCUT2D eigenvalue weighted by Gasteiger charge is 2.16. The van der Waals surface area contributed by atoms with Crippen LogP contribution in [0.4, 0.5) is 0 Å². The zero-order valence-electron chi connectivity index (χ0n) is 9.14. The SMILES string of the molecule is Cc1cc(C2COCCN2)cc(C)c1Br. The fourth-order valence-electron chi connectivity index (χ4n) is 1.96. The second-order valence-corrected chi connectivity index (χ2v) is 4.84. The van der Waals surface area contributed by atoms with Gasteiger partial charge in [-0.2, -0.15) is 0 Å². The average molecular weight is 270 g/mol. The largest absolute Gasteiger partial charge is 0.378 e. The minimum absolute atomic E-state index is 0.351. The number of nitrogens with one attached hydrogen (secondary N) is 1. The molecule has 2 nitrogen and oxygen atoms in total. The molecule has 82 valence electrons. The van der Waals surface area contributed by atoms with Crippen molar-refractivity contribution in [2.45, 2.75) is 19.9 Å². The van der Waals surface area contributed by atoms with Gasteiger partial charge in [0.25, 0.3) is 0 Å². The summed E-state index contributed by atoms with van der Waals surface area (Å²) in [5.74, 6) is 0. The van der Waals surface area contributed by atoms with Gasteiger partial charge in [-0.3, -0.25) is 0 Å². The van der Waals surface area contributed by atoms with Gasteiger partial charge in [0.1, 0.15) is 0 Å². The predicted molar refractivity (Wildman–Crippen MR) is 65.2 cm³/mol. The van der Waals surface area contributed by atoms with Gasteiger partial charge in [-0.1, -0.05) is 28.1 Å². The molecule has 1 aromatic rings. The fraction of sp³-hybridized carbons (Fsp3) is 0.500. The first-order valence-corrected chi connectivity index (χ1v) is 6.05. The van der Waals surface area contributed by atoms with Crippen molar-refractivity contribution in [3.63, 3.8) is 0 Å². The van der Waals surface area contributed by atoms with Gasteiger partial charge in [0.2, 0.25) is 0 Å². The Morgan fingerprint density at radius 1 is 1.33 bits per heavy atom. The topological polar surface area (TPSA) is 21.3 Å². The number of halogens is 1. The fourth-order valence-corrected chi connectivity index (χ4v) is 2.19. The third-order valence-corrected chi connectivity index (χ3v) is 4.03. The van der Waals surface area contributed by atoms with Gasteiger partial charge < -0.3 is 10.1 Å². The second kappa shape index (κ2) is 4.64. The first-order valence-electron chi connectivity index (χ1n) is 5.26. The van der Waals surface area contributed by atoms with Crippen LogP contribution in [0.5, 0.6) is 0 Å². The number of hydrogen-bond acceptors (Lipinski definition) is 2. The number of rotatable bonds is 1. The molecule has 0 saturated carbocycles. The van der Waals surface area contributed by atoms with E-state index in [1.165, 1.54) is 21.2 Å². The van der Waals surface area contributed by atoms with Crippen molar-refractivity contribution in [2.75, 3.05) is 19.8 Å². The van der Waals surface area contributed by atoms with E-state index >= 15 is 0 Å². The van der Waals surface area contributed by atoms with Gasteiger partial charge in [0.05, 0.1) is 19.3 Å². The Morgan fingerprint density at radius 3 is 2.53 bits per heavy atom. The first kappa shape index (κ1) is 11.1. The lowest BCUT2D eigenvalue weighted by Gasteiger charge is -2.25. The van der Waals surface area contributed by atoms with Gasteiger partial charge in [0.15, 0.2) is 0 Å². The summed E-state index contributed by atoms with van der Waals surface area (Å²) in [6.07, 6.45) is 0. The van der Waals surface area contributed by atoms with Crippen molar-refractivity contribution in [3.05, 3.63) is 33.3 Å². The summed E-state index contributed by atoms with van der Waals surface area (Å²) in [4.78, 5) is 0. The van der Waals surface area contributed by atoms with E-state index in [0.29, 0.717) is 6.04 Å². The quantitative estimate of drug-likeness (QED) is 0.847. The smallest absolute Gasteiger partial charge is 0.0662 e. The minimum atomic E-state index is 0.351. The summed E-state index contributed by atoms with van der Waals surface area (Å²) in [7, 11) is 0. The monoisotopic (exact) mass is 269 g/mol. The normalized spacial score (nSPS) is 21.7. The molecule has 1 aromatic carbocycles. The molecule has 1 saturated heterocycles. The highest BCUT2D eigenvalue weighted by molar-refractivity contribution is 9.10. The number of hydrogen-bond donors (Lipinski definition) is 1. The van der Waals surface area contributed by atoms with E-state index in [9.17, 15) is 0 Å². The van der Waals surface area contributed by atoms with Crippen LogP contribution >= 0.6 is 15.9 Å². The van der Waals surface area contributed by atoms with E-state index in [1.807, 2.05) is 0 Å². The molecule has 0 bridgehead atoms. The lowest BCUT2D eigenvalue weighted by Crippen LogP contribution is -2.34. The Hall–Kier alpha value is -0.380. The molecule has 1 heterocycles. The Bertz CT molecular complexity index is 336. The van der Waals surface area contributed by atoms with Crippen molar-refractivity contribution < 1.29 is 4.74 Å². The molecule has 1 aliphatic heterocycles. The Balaban J connectivity index is 2.27. The average Bonchev–Trinajstić information content (AvgIpc) is 2.26. The first-order chi connectivity index (χ1) is 7.18. The zero-order chi connectivity index (χ0) is 10.8. The molecule has 0 radical (unpaired) electrons. The summed E-state index contributed by atoms with van der Waals surface area (Å²) in [5, 5.41) is 3.47. The second-order valence-electron chi connectivity index (χ2n) is 4.05. The summed E-state index contributed by atoms with van der Waals surface area (Å²) < 4.78 is 6.68. The Kier molecular flexibility index (Phi) is 3.44. The van der Waals surface area contributed by atoms with E-state index in [1.54, 1.807) is 0 Å². The molecule has 0 amide bonds. The van der Waals surface area contributed by atoms with E-state index in [4.69, 9.17) is 4.74 Å². The van der Waals surface area contributed by atoms with Crippen molar-refractivity contribution in [1.82, 2.24) is 5.32 Å². The standard InChI is InChI=1S/C12H16BrNO/c1-8-5-10(6-9(2)12(8)13)11-7-15-4-3-14-11/h5-6,11,14H,3-4,7H2,1-2H3. The number of benzene rings is 1. The summed E-state index contributed by atoms with van der Waals surface area (Å²) >= 11 is 3.59. The number of ether oxygens (including phenoxy) is 1. The molecular formula is C12H16BrNO. The van der Waals surface area contributed by atoms with Crippen LogP contribution in [0.2, 0.25) is 0 Å². The van der Waals surface area contributed by atoms with Crippen LogP contribution < -0.4 is 5.32 Å². The predicted octanol–water partition coefficient (Wildman–Crippen LogP) is 2.73. The molecule has 1 N–H and O–H groups in total. The van der Waals surface area contributed by atoms with Crippen LogP contribution in [-0.2, 0) is 4.74 Å². The van der Waals surface area contributed by atoms with E-state index in [2.05, 4.69) is 47.2 Å². The molecule has 15 heavy (non-hydrogen) atoms. The van der Waals surface area contributed by atoms with Crippen LogP contribution in [-0.4, -0.2) is 19.8 Å². The minimum Gasteiger partial charge on any atom is -0.378 e. The van der Waals surface area contributed by atoms with Gasteiger partial charge >= 0.3 is 0 Å². The third kappa shape index (κ3) is 2.41. The molecule has 1 atom stereocenters. The lowest BCUT2D eigenvalue weighted by molar-refractivity contribution is 0.0768. The van der Waals surface area contributed by atoms with Crippen molar-refractivity contribution in [2.24, 2.45) is 0 Å². The molecule has 1 fully saturated rings. The summed E-state index contributed by atoms with van der Waals surface area (Å²) in [5.41, 5.74) is 3.91. The van der Waals surface area contributed by atoms with Crippen molar-refractivity contribution in [3.8, 4) is 0 Å².